The van der Waals surface area contributed by atoms with E-state index in [1.54, 1.807) is 30.3 Å². The number of ether oxygens (including phenoxy) is 1. The molecule has 1 aromatic carbocycles. The number of rotatable bonds is 12. The molecule has 0 bridgehead atoms. The van der Waals surface area contributed by atoms with E-state index in [0.717, 1.165) is 4.57 Å². The fraction of sp³-hybridized carbons (Fsp3) is 0.520. The maximum absolute atomic E-state index is 15.5. The summed E-state index contributed by atoms with van der Waals surface area (Å²) in [7, 11) is -1.86. The third-order valence-electron chi connectivity index (χ3n) is 5.70. The standard InChI is InChI=1S/C25H33FN5O6P/c1-16(2)31(17(3)4)38(35-14-8-12-27)37-22-21(26)19(15-32)36-24(22)30-13-11-20(29-25(30)34)28-23(33)18-9-6-5-7-10-18/h5-7,9-11,13,16-17,19,21-22,24,32H,8,14-15H2,1-4H3,(H,28,29,33,34)/t19-,21?,22+,24-,38?/m1/s1. The molecule has 1 aliphatic heterocycles. The van der Waals surface area contributed by atoms with Gasteiger partial charge in [-0.25, -0.2) is 13.9 Å². The van der Waals surface area contributed by atoms with Gasteiger partial charge in [0.1, 0.15) is 18.0 Å². The minimum atomic E-state index is -1.86. The Kier molecular flexibility index (Phi) is 10.8. The van der Waals surface area contributed by atoms with Gasteiger partial charge in [-0.05, 0) is 45.9 Å². The van der Waals surface area contributed by atoms with Gasteiger partial charge in [-0.1, -0.05) is 18.2 Å². The molecule has 0 spiro atoms. The predicted molar refractivity (Wildman–Crippen MR) is 139 cm³/mol. The van der Waals surface area contributed by atoms with Crippen LogP contribution >= 0.6 is 8.53 Å². The quantitative estimate of drug-likeness (QED) is 0.301. The van der Waals surface area contributed by atoms with Gasteiger partial charge in [-0.2, -0.15) is 10.2 Å². The number of carbonyl (C=O) groups excluding carboxylic acids is 1. The van der Waals surface area contributed by atoms with Crippen molar-refractivity contribution in [2.24, 2.45) is 0 Å². The van der Waals surface area contributed by atoms with Gasteiger partial charge >= 0.3 is 5.69 Å². The van der Waals surface area contributed by atoms with Crippen molar-refractivity contribution in [3.05, 3.63) is 58.6 Å². The molecule has 3 rings (SSSR count). The van der Waals surface area contributed by atoms with Crippen LogP contribution in [-0.4, -0.2) is 68.9 Å². The Balaban J connectivity index is 1.87. The van der Waals surface area contributed by atoms with E-state index in [4.69, 9.17) is 19.0 Å². The minimum absolute atomic E-state index is 0.0129. The van der Waals surface area contributed by atoms with E-state index in [1.165, 1.54) is 12.3 Å². The number of anilines is 1. The summed E-state index contributed by atoms with van der Waals surface area (Å²) in [6.45, 7) is 7.21. The van der Waals surface area contributed by atoms with Crippen LogP contribution in [0.4, 0.5) is 10.2 Å². The first-order chi connectivity index (χ1) is 18.2. The Bertz CT molecular complexity index is 1150. The molecule has 38 heavy (non-hydrogen) atoms. The summed E-state index contributed by atoms with van der Waals surface area (Å²) in [5, 5.41) is 21.2. The number of hydrogen-bond donors (Lipinski definition) is 2. The Labute approximate surface area is 222 Å². The Morgan fingerprint density at radius 1 is 1.29 bits per heavy atom. The smallest absolute Gasteiger partial charge is 0.351 e. The lowest BCUT2D eigenvalue weighted by Crippen LogP contribution is -2.39. The van der Waals surface area contributed by atoms with Gasteiger partial charge in [0.05, 0.1) is 25.7 Å². The SMILES string of the molecule is CC(C)N(C(C)C)P(OCCC#N)O[C@H]1C(F)[C@@H](CO)O[C@H]1n1ccc(NC(=O)c2ccccc2)nc1=O. The zero-order valence-electron chi connectivity index (χ0n) is 21.7. The molecule has 1 amide bonds. The van der Waals surface area contributed by atoms with E-state index in [2.05, 4.69) is 10.3 Å². The number of nitrogens with one attached hydrogen (secondary N) is 1. The predicted octanol–water partition coefficient (Wildman–Crippen LogP) is 3.38. The van der Waals surface area contributed by atoms with Crippen LogP contribution < -0.4 is 11.0 Å². The normalized spacial score (nSPS) is 22.1. The summed E-state index contributed by atoms with van der Waals surface area (Å²) in [5.41, 5.74) is -0.415. The van der Waals surface area contributed by atoms with E-state index in [9.17, 15) is 14.7 Å². The van der Waals surface area contributed by atoms with Crippen molar-refractivity contribution in [2.75, 3.05) is 18.5 Å². The fourth-order valence-corrected chi connectivity index (χ4v) is 5.76. The van der Waals surface area contributed by atoms with Gasteiger partial charge in [0.2, 0.25) is 0 Å². The van der Waals surface area contributed by atoms with Gasteiger partial charge in [-0.3, -0.25) is 9.36 Å². The molecule has 206 valence electrons. The van der Waals surface area contributed by atoms with E-state index in [-0.39, 0.29) is 30.9 Å². The third-order valence-corrected chi connectivity index (χ3v) is 7.83. The van der Waals surface area contributed by atoms with Crippen LogP contribution in [0.2, 0.25) is 0 Å². The number of aliphatic hydroxyl groups excluding tert-OH is 1. The molecule has 1 aromatic heterocycles. The van der Waals surface area contributed by atoms with E-state index in [0.29, 0.717) is 5.56 Å². The van der Waals surface area contributed by atoms with Crippen molar-refractivity contribution in [1.29, 1.82) is 5.26 Å². The van der Waals surface area contributed by atoms with Crippen LogP contribution in [0.3, 0.4) is 0 Å². The number of aliphatic hydroxyl groups is 1. The average Bonchev–Trinajstić information content (AvgIpc) is 3.19. The molecule has 5 atom stereocenters. The van der Waals surface area contributed by atoms with E-state index >= 15 is 4.39 Å². The summed E-state index contributed by atoms with van der Waals surface area (Å²) in [4.78, 5) is 29.3. The first kappa shape index (κ1) is 29.8. The van der Waals surface area contributed by atoms with Gasteiger partial charge in [0.15, 0.2) is 12.4 Å². The fourth-order valence-electron chi connectivity index (χ4n) is 4.03. The zero-order valence-corrected chi connectivity index (χ0v) is 22.6. The molecule has 1 aliphatic rings. The second kappa shape index (κ2) is 13.8. The molecule has 0 aliphatic carbocycles. The number of nitriles is 1. The highest BCUT2D eigenvalue weighted by Gasteiger charge is 2.49. The molecule has 0 saturated carbocycles. The molecule has 2 aromatic rings. The van der Waals surface area contributed by atoms with Crippen molar-refractivity contribution >= 4 is 20.3 Å². The molecular weight excluding hydrogens is 516 g/mol. The number of benzene rings is 1. The van der Waals surface area contributed by atoms with Gasteiger partial charge < -0.3 is 24.2 Å². The number of alkyl halides is 1. The molecule has 2 N–H and O–H groups in total. The van der Waals surface area contributed by atoms with Crippen LogP contribution in [-0.2, 0) is 13.8 Å². The Morgan fingerprint density at radius 2 is 1.97 bits per heavy atom. The highest BCUT2D eigenvalue weighted by Crippen LogP contribution is 2.50. The second-order valence-electron chi connectivity index (χ2n) is 9.13. The number of halogens is 1. The van der Waals surface area contributed by atoms with Crippen molar-refractivity contribution in [1.82, 2.24) is 14.2 Å². The van der Waals surface area contributed by atoms with Crippen LogP contribution in [0.15, 0.2) is 47.4 Å². The summed E-state index contributed by atoms with van der Waals surface area (Å²) >= 11 is 0. The van der Waals surface area contributed by atoms with Crippen molar-refractivity contribution in [3.63, 3.8) is 0 Å². The van der Waals surface area contributed by atoms with Gasteiger partial charge in [0, 0.05) is 23.8 Å². The lowest BCUT2D eigenvalue weighted by Gasteiger charge is -2.37. The monoisotopic (exact) mass is 549 g/mol. The number of amides is 1. The Morgan fingerprint density at radius 3 is 2.55 bits per heavy atom. The van der Waals surface area contributed by atoms with Gasteiger partial charge in [0.25, 0.3) is 14.4 Å². The number of aromatic nitrogens is 2. The van der Waals surface area contributed by atoms with Crippen LogP contribution in [0.5, 0.6) is 0 Å². The van der Waals surface area contributed by atoms with Crippen LogP contribution in [0.25, 0.3) is 0 Å². The average molecular weight is 550 g/mol. The highest BCUT2D eigenvalue weighted by molar-refractivity contribution is 7.44. The van der Waals surface area contributed by atoms with E-state index in [1.807, 2.05) is 38.4 Å². The van der Waals surface area contributed by atoms with Crippen LogP contribution in [0, 0.1) is 11.3 Å². The van der Waals surface area contributed by atoms with E-state index < -0.39 is 51.3 Å². The molecular formula is C25H33FN5O6P. The molecule has 2 heterocycles. The van der Waals surface area contributed by atoms with Crippen molar-refractivity contribution in [2.45, 2.75) is 70.8 Å². The lowest BCUT2D eigenvalue weighted by atomic mass is 10.1. The Hall–Kier alpha value is -2.78. The number of nitrogens with zero attached hydrogens (tertiary/aromatic N) is 4. The van der Waals surface area contributed by atoms with Crippen molar-refractivity contribution in [3.8, 4) is 6.07 Å². The maximum Gasteiger partial charge on any atom is 0.351 e. The molecule has 0 radical (unpaired) electrons. The molecule has 2 unspecified atom stereocenters. The van der Waals surface area contributed by atoms with Crippen LogP contribution in [0.1, 0.15) is 50.7 Å². The summed E-state index contributed by atoms with van der Waals surface area (Å²) in [6, 6.07) is 11.8. The first-order valence-corrected chi connectivity index (χ1v) is 13.4. The third kappa shape index (κ3) is 7.20. The first-order valence-electron chi connectivity index (χ1n) is 12.3. The lowest BCUT2D eigenvalue weighted by molar-refractivity contribution is -0.0514. The van der Waals surface area contributed by atoms with Crippen molar-refractivity contribution < 1.29 is 28.1 Å². The maximum atomic E-state index is 15.5. The minimum Gasteiger partial charge on any atom is -0.394 e. The molecule has 13 heteroatoms. The molecule has 1 fully saturated rings. The molecule has 11 nitrogen and oxygen atoms in total. The zero-order chi connectivity index (χ0) is 27.8. The topological polar surface area (TPSA) is 139 Å². The summed E-state index contributed by atoms with van der Waals surface area (Å²) < 4.78 is 36.2. The number of carbonyl (C=O) groups is 1. The second-order valence-corrected chi connectivity index (χ2v) is 10.5. The molecule has 1 saturated heterocycles. The number of hydrogen-bond acceptors (Lipinski definition) is 9. The largest absolute Gasteiger partial charge is 0.394 e. The summed E-state index contributed by atoms with van der Waals surface area (Å²) in [6.07, 6.45) is -4.15. The highest BCUT2D eigenvalue weighted by atomic mass is 31.2. The van der Waals surface area contributed by atoms with Gasteiger partial charge in [-0.15, -0.1) is 0 Å². The summed E-state index contributed by atoms with van der Waals surface area (Å²) in [5.74, 6) is -0.431.